The summed E-state index contributed by atoms with van der Waals surface area (Å²) in [4.78, 5) is 22.0. The number of ketones is 1. The smallest absolute Gasteiger partial charge is 0.306 e. The maximum absolute atomic E-state index is 11.3. The van der Waals surface area contributed by atoms with Crippen LogP contribution >= 0.6 is 0 Å². The second kappa shape index (κ2) is 2.82. The lowest BCUT2D eigenvalue weighted by atomic mass is 9.89. The lowest BCUT2D eigenvalue weighted by molar-refractivity contribution is -0.143. The Labute approximate surface area is 66.1 Å². The Morgan fingerprint density at radius 2 is 2.20 bits per heavy atom. The minimum atomic E-state index is -2.60. The van der Waals surface area contributed by atoms with Crippen molar-refractivity contribution in [1.82, 2.24) is 0 Å². The highest BCUT2D eigenvalue weighted by Gasteiger charge is 2.23. The number of hydrogen-bond acceptors (Lipinski definition) is 2. The number of carboxylic acid groups (broad SMARTS) is 1. The minimum absolute atomic E-state index is 0.812. The van der Waals surface area contributed by atoms with Gasteiger partial charge in [-0.15, -0.1) is 0 Å². The first-order chi connectivity index (χ1) is 6.51. The first-order valence-electron chi connectivity index (χ1n) is 5.30. The van der Waals surface area contributed by atoms with E-state index in [4.69, 9.17) is 12.0 Å². The van der Waals surface area contributed by atoms with Crippen LogP contribution < -0.4 is 0 Å². The molecular formula is C7H10O3. The summed E-state index contributed by atoms with van der Waals surface area (Å²) in [5.74, 6) is -5.16. The van der Waals surface area contributed by atoms with Crippen molar-refractivity contribution in [3.63, 3.8) is 0 Å². The number of hydrogen-bond donors (Lipinski definition) is 1. The van der Waals surface area contributed by atoms with Gasteiger partial charge in [0.2, 0.25) is 0 Å². The van der Waals surface area contributed by atoms with E-state index in [9.17, 15) is 9.59 Å². The zero-order valence-electron chi connectivity index (χ0n) is 10.2. The van der Waals surface area contributed by atoms with Crippen LogP contribution in [0.1, 0.15) is 32.4 Å². The molecular weight excluding hydrogens is 132 g/mol. The van der Waals surface area contributed by atoms with E-state index in [1.165, 1.54) is 0 Å². The molecule has 0 saturated heterocycles. The van der Waals surface area contributed by atoms with Crippen molar-refractivity contribution in [3.05, 3.63) is 0 Å². The van der Waals surface area contributed by atoms with Gasteiger partial charge in [0.05, 0.1) is 5.89 Å². The highest BCUT2D eigenvalue weighted by molar-refractivity contribution is 5.81. The molecule has 1 rings (SSSR count). The molecule has 0 radical (unpaired) electrons. The van der Waals surface area contributed by atoms with Crippen molar-refractivity contribution in [1.29, 1.82) is 0 Å². The maximum Gasteiger partial charge on any atom is 0.306 e. The minimum Gasteiger partial charge on any atom is -0.481 e. The maximum atomic E-state index is 11.3. The number of aliphatic carboxylic acids is 1. The molecule has 3 heteroatoms. The molecule has 0 aliphatic heterocycles. The summed E-state index contributed by atoms with van der Waals surface area (Å²) in [5.41, 5.74) is 0. The van der Waals surface area contributed by atoms with Gasteiger partial charge in [0.15, 0.2) is 0 Å². The molecule has 0 amide bonds. The van der Waals surface area contributed by atoms with Crippen LogP contribution in [0, 0.1) is 5.89 Å². The quantitative estimate of drug-likeness (QED) is 0.597. The Kier molecular flexibility index (Phi) is 0.853. The van der Waals surface area contributed by atoms with Crippen molar-refractivity contribution < 1.29 is 21.5 Å². The molecule has 1 fully saturated rings. The van der Waals surface area contributed by atoms with Gasteiger partial charge in [-0.05, 0) is 12.8 Å². The van der Waals surface area contributed by atoms with Gasteiger partial charge in [-0.3, -0.25) is 9.59 Å². The van der Waals surface area contributed by atoms with Gasteiger partial charge in [0.25, 0.3) is 0 Å². The van der Waals surface area contributed by atoms with E-state index < -0.39 is 43.2 Å². The molecule has 56 valence electrons. The molecule has 0 bridgehead atoms. The number of carbonyl (C=O) groups excluding carboxylic acids is 1. The molecule has 0 atom stereocenters. The fourth-order valence-corrected chi connectivity index (χ4v) is 0.650. The van der Waals surface area contributed by atoms with E-state index in [1.807, 2.05) is 0 Å². The molecule has 3 nitrogen and oxygen atoms in total. The van der Waals surface area contributed by atoms with E-state index in [0.29, 0.717) is 0 Å². The van der Waals surface area contributed by atoms with Crippen molar-refractivity contribution in [2.45, 2.75) is 25.6 Å². The summed E-state index contributed by atoms with van der Waals surface area (Å²) in [7, 11) is 0. The zero-order chi connectivity index (χ0) is 12.1. The van der Waals surface area contributed by atoms with E-state index in [2.05, 4.69) is 0 Å². The number of carbonyl (C=O) groups is 2. The zero-order valence-corrected chi connectivity index (χ0v) is 5.18. The normalized spacial score (nSPS) is 41.6. The molecule has 1 aliphatic carbocycles. The molecule has 10 heavy (non-hydrogen) atoms. The van der Waals surface area contributed by atoms with Gasteiger partial charge in [0.1, 0.15) is 5.78 Å². The summed E-state index contributed by atoms with van der Waals surface area (Å²) < 4.78 is 36.4. The van der Waals surface area contributed by atoms with Crippen LogP contribution in [0.2, 0.25) is 0 Å². The van der Waals surface area contributed by atoms with E-state index in [1.54, 1.807) is 0 Å². The van der Waals surface area contributed by atoms with E-state index in [0.717, 1.165) is 0 Å². The van der Waals surface area contributed by atoms with Gasteiger partial charge in [-0.1, -0.05) is 0 Å². The third-order valence-corrected chi connectivity index (χ3v) is 1.23. The van der Waals surface area contributed by atoms with Crippen LogP contribution in [-0.4, -0.2) is 16.9 Å². The predicted octanol–water partition coefficient (Wildman–Crippen LogP) is 0.830. The molecule has 1 saturated carbocycles. The summed E-state index contributed by atoms with van der Waals surface area (Å²) in [6.07, 6.45) is -6.81. The number of rotatable bonds is 1. The van der Waals surface area contributed by atoms with Crippen molar-refractivity contribution >= 4 is 11.8 Å². The Bertz CT molecular complexity index is 305. The second-order valence-electron chi connectivity index (χ2n) is 1.94. The molecule has 0 unspecified atom stereocenters. The average molecular weight is 147 g/mol. The average Bonchev–Trinajstić information content (AvgIpc) is 1.98. The van der Waals surface area contributed by atoms with Crippen LogP contribution in [0.15, 0.2) is 0 Å². The van der Waals surface area contributed by atoms with Gasteiger partial charge in [-0.2, -0.15) is 0 Å². The lowest BCUT2D eigenvalue weighted by Crippen LogP contribution is -2.20. The Balaban J connectivity index is 3.15. The van der Waals surface area contributed by atoms with E-state index in [-0.39, 0.29) is 0 Å². The monoisotopic (exact) mass is 147 g/mol. The molecule has 1 aliphatic rings. The predicted molar refractivity (Wildman–Crippen MR) is 34.6 cm³/mol. The van der Waals surface area contributed by atoms with Gasteiger partial charge in [0, 0.05) is 19.6 Å². The summed E-state index contributed by atoms with van der Waals surface area (Å²) in [5, 5.41) is 8.72. The highest BCUT2D eigenvalue weighted by atomic mass is 16.4. The van der Waals surface area contributed by atoms with Crippen LogP contribution in [0.25, 0.3) is 0 Å². The Morgan fingerprint density at radius 1 is 1.70 bits per heavy atom. The summed E-state index contributed by atoms with van der Waals surface area (Å²) in [6, 6.07) is 0. The van der Waals surface area contributed by atoms with Crippen LogP contribution in [0.5, 0.6) is 0 Å². The Hall–Kier alpha value is -0.860. The van der Waals surface area contributed by atoms with Gasteiger partial charge < -0.3 is 5.11 Å². The number of Topliss-reactive ketones (excluding diaryl/α,β-unsaturated/α-hetero) is 1. The van der Waals surface area contributed by atoms with Crippen LogP contribution in [0.3, 0.4) is 0 Å². The molecule has 0 aromatic carbocycles. The second-order valence-corrected chi connectivity index (χ2v) is 1.94. The largest absolute Gasteiger partial charge is 0.481 e. The highest BCUT2D eigenvalue weighted by Crippen LogP contribution is 2.20. The first-order valence-corrected chi connectivity index (χ1v) is 2.80. The topological polar surface area (TPSA) is 54.4 Å². The standard InChI is InChI=1S/C7H10O3/c8-6-3-1-5(2-4-6)7(9)10/h5H,1-4H2,(H,9,10)/i3D2,4D2,5D. The molecule has 0 aromatic heterocycles. The summed E-state index contributed by atoms with van der Waals surface area (Å²) in [6.45, 7) is 0. The lowest BCUT2D eigenvalue weighted by Gasteiger charge is -2.15. The third-order valence-electron chi connectivity index (χ3n) is 1.23. The molecule has 1 N–H and O–H groups in total. The van der Waals surface area contributed by atoms with Crippen LogP contribution in [-0.2, 0) is 9.59 Å². The fourth-order valence-electron chi connectivity index (χ4n) is 0.650. The molecule has 0 heterocycles. The van der Waals surface area contributed by atoms with Gasteiger partial charge >= 0.3 is 5.97 Å². The molecule has 0 spiro atoms. The fraction of sp³-hybridized carbons (Fsp3) is 0.714. The van der Waals surface area contributed by atoms with Crippen molar-refractivity contribution in [3.8, 4) is 0 Å². The van der Waals surface area contributed by atoms with Crippen molar-refractivity contribution in [2.24, 2.45) is 5.89 Å². The third kappa shape index (κ3) is 1.56. The molecule has 0 aromatic rings. The SMILES string of the molecule is [2H]C1([2H])CC([2H])(C(=O)O)CC([2H])([2H])C1=O. The van der Waals surface area contributed by atoms with Crippen LogP contribution in [0.4, 0.5) is 0 Å². The summed E-state index contributed by atoms with van der Waals surface area (Å²) >= 11 is 0. The van der Waals surface area contributed by atoms with Crippen molar-refractivity contribution in [2.75, 3.05) is 0 Å². The van der Waals surface area contributed by atoms with E-state index >= 15 is 0 Å². The Morgan fingerprint density at radius 3 is 2.60 bits per heavy atom. The number of carboxylic acids is 1. The first kappa shape index (κ1) is 3.03. The van der Waals surface area contributed by atoms with Gasteiger partial charge in [-0.25, -0.2) is 0 Å².